The standard InChI is InChI=1S/C12H21NO3S/c1-9(2)8-16-12(15)13-6-4-11(5-7-13)17-10(3)14/h9,11H,4-8H2,1-3H3. The summed E-state index contributed by atoms with van der Waals surface area (Å²) in [4.78, 5) is 24.4. The van der Waals surface area contributed by atoms with Crippen molar-refractivity contribution in [1.29, 1.82) is 0 Å². The number of thioether (sulfide) groups is 1. The summed E-state index contributed by atoms with van der Waals surface area (Å²) in [6, 6.07) is 0. The van der Waals surface area contributed by atoms with Gasteiger partial charge in [0.25, 0.3) is 0 Å². The highest BCUT2D eigenvalue weighted by molar-refractivity contribution is 8.14. The quantitative estimate of drug-likeness (QED) is 0.781. The van der Waals surface area contributed by atoms with Crippen LogP contribution >= 0.6 is 11.8 Å². The van der Waals surface area contributed by atoms with Gasteiger partial charge < -0.3 is 9.64 Å². The van der Waals surface area contributed by atoms with Gasteiger partial charge in [0.2, 0.25) is 0 Å². The fraction of sp³-hybridized carbons (Fsp3) is 0.833. The average Bonchev–Trinajstić information content (AvgIpc) is 2.26. The zero-order valence-corrected chi connectivity index (χ0v) is 11.6. The second-order valence-electron chi connectivity index (χ2n) is 4.77. The Balaban J connectivity index is 2.26. The lowest BCUT2D eigenvalue weighted by Crippen LogP contribution is -2.40. The van der Waals surface area contributed by atoms with Crippen molar-refractivity contribution in [2.24, 2.45) is 5.92 Å². The van der Waals surface area contributed by atoms with E-state index in [1.54, 1.807) is 11.8 Å². The summed E-state index contributed by atoms with van der Waals surface area (Å²) < 4.78 is 5.17. The zero-order valence-electron chi connectivity index (χ0n) is 10.8. The first-order valence-corrected chi connectivity index (χ1v) is 6.96. The Morgan fingerprint density at radius 3 is 2.41 bits per heavy atom. The van der Waals surface area contributed by atoms with Crippen molar-refractivity contribution in [3.05, 3.63) is 0 Å². The number of nitrogens with zero attached hydrogens (tertiary/aromatic N) is 1. The van der Waals surface area contributed by atoms with Crippen molar-refractivity contribution < 1.29 is 14.3 Å². The first-order valence-electron chi connectivity index (χ1n) is 6.08. The summed E-state index contributed by atoms with van der Waals surface area (Å²) in [6.07, 6.45) is 1.53. The van der Waals surface area contributed by atoms with Crippen LogP contribution in [0.25, 0.3) is 0 Å². The van der Waals surface area contributed by atoms with Crippen molar-refractivity contribution in [2.45, 2.75) is 38.9 Å². The van der Waals surface area contributed by atoms with Gasteiger partial charge in [-0.25, -0.2) is 4.79 Å². The van der Waals surface area contributed by atoms with E-state index in [0.717, 1.165) is 12.8 Å². The Bertz CT molecular complexity index is 273. The maximum Gasteiger partial charge on any atom is 0.409 e. The van der Waals surface area contributed by atoms with Gasteiger partial charge >= 0.3 is 6.09 Å². The maximum absolute atomic E-state index is 11.7. The molecule has 1 saturated heterocycles. The molecule has 0 atom stereocenters. The predicted molar refractivity (Wildman–Crippen MR) is 69.1 cm³/mol. The molecule has 1 rings (SSSR count). The molecule has 0 saturated carbocycles. The maximum atomic E-state index is 11.7. The lowest BCUT2D eigenvalue weighted by molar-refractivity contribution is -0.109. The molecule has 0 spiro atoms. The summed E-state index contributed by atoms with van der Waals surface area (Å²) in [6.45, 7) is 7.49. The lowest BCUT2D eigenvalue weighted by atomic mass is 10.1. The highest BCUT2D eigenvalue weighted by Gasteiger charge is 2.24. The van der Waals surface area contributed by atoms with Crippen LogP contribution in [0.4, 0.5) is 4.79 Å². The Hall–Kier alpha value is -0.710. The molecule has 0 bridgehead atoms. The van der Waals surface area contributed by atoms with Crippen LogP contribution in [0.2, 0.25) is 0 Å². The summed E-state index contributed by atoms with van der Waals surface area (Å²) in [5.41, 5.74) is 0. The van der Waals surface area contributed by atoms with E-state index in [9.17, 15) is 9.59 Å². The largest absolute Gasteiger partial charge is 0.449 e. The number of likely N-dealkylation sites (tertiary alicyclic amines) is 1. The second kappa shape index (κ2) is 6.89. The molecule has 5 heteroatoms. The second-order valence-corrected chi connectivity index (χ2v) is 6.24. The first-order chi connectivity index (χ1) is 7.99. The summed E-state index contributed by atoms with van der Waals surface area (Å²) in [5, 5.41) is 0.521. The van der Waals surface area contributed by atoms with Crippen molar-refractivity contribution in [3.8, 4) is 0 Å². The predicted octanol–water partition coefficient (Wildman–Crippen LogP) is 2.52. The first kappa shape index (κ1) is 14.4. The van der Waals surface area contributed by atoms with E-state index in [1.165, 1.54) is 11.8 Å². The smallest absolute Gasteiger partial charge is 0.409 e. The molecule has 0 radical (unpaired) electrons. The molecular weight excluding hydrogens is 238 g/mol. The van der Waals surface area contributed by atoms with Gasteiger partial charge in [0, 0.05) is 25.3 Å². The van der Waals surface area contributed by atoms with Gasteiger partial charge in [-0.05, 0) is 18.8 Å². The highest BCUT2D eigenvalue weighted by atomic mass is 32.2. The third-order valence-corrected chi connectivity index (χ3v) is 3.71. The normalized spacial score (nSPS) is 17.3. The van der Waals surface area contributed by atoms with Gasteiger partial charge in [-0.15, -0.1) is 0 Å². The van der Waals surface area contributed by atoms with E-state index in [-0.39, 0.29) is 11.2 Å². The van der Waals surface area contributed by atoms with Gasteiger partial charge in [-0.2, -0.15) is 0 Å². The van der Waals surface area contributed by atoms with Crippen LogP contribution in [0.15, 0.2) is 0 Å². The molecule has 1 amide bonds. The van der Waals surface area contributed by atoms with Crippen molar-refractivity contribution >= 4 is 23.0 Å². The van der Waals surface area contributed by atoms with Crippen LogP contribution in [0.5, 0.6) is 0 Å². The zero-order chi connectivity index (χ0) is 12.8. The molecule has 4 nitrogen and oxygen atoms in total. The fourth-order valence-electron chi connectivity index (χ4n) is 1.72. The number of carbonyl (C=O) groups excluding carboxylic acids is 2. The van der Waals surface area contributed by atoms with Crippen molar-refractivity contribution in [1.82, 2.24) is 4.90 Å². The van der Waals surface area contributed by atoms with Gasteiger partial charge in [0.15, 0.2) is 5.12 Å². The van der Waals surface area contributed by atoms with Gasteiger partial charge in [0.05, 0.1) is 6.61 Å². The SMILES string of the molecule is CC(=O)SC1CCN(C(=O)OCC(C)C)CC1. The number of piperidine rings is 1. The summed E-state index contributed by atoms with van der Waals surface area (Å²) in [7, 11) is 0. The van der Waals surface area contributed by atoms with Gasteiger partial charge in [-0.3, -0.25) is 4.79 Å². The van der Waals surface area contributed by atoms with Crippen molar-refractivity contribution in [2.75, 3.05) is 19.7 Å². The number of carbonyl (C=O) groups is 2. The van der Waals surface area contributed by atoms with E-state index < -0.39 is 0 Å². The van der Waals surface area contributed by atoms with E-state index in [0.29, 0.717) is 30.9 Å². The molecule has 1 aliphatic heterocycles. The van der Waals surface area contributed by atoms with Crippen LogP contribution in [0.1, 0.15) is 33.6 Å². The number of amides is 1. The molecule has 0 aromatic rings. The topological polar surface area (TPSA) is 46.6 Å². The molecule has 0 aromatic heterocycles. The van der Waals surface area contributed by atoms with Crippen molar-refractivity contribution in [3.63, 3.8) is 0 Å². The number of hydrogen-bond donors (Lipinski definition) is 0. The fourth-order valence-corrected chi connectivity index (χ4v) is 2.64. The molecule has 0 N–H and O–H groups in total. The molecular formula is C12H21NO3S. The molecule has 1 aliphatic rings. The number of ether oxygens (including phenoxy) is 1. The Morgan fingerprint density at radius 2 is 1.94 bits per heavy atom. The minimum atomic E-state index is -0.218. The molecule has 0 unspecified atom stereocenters. The highest BCUT2D eigenvalue weighted by Crippen LogP contribution is 2.24. The van der Waals surface area contributed by atoms with E-state index >= 15 is 0 Å². The van der Waals surface area contributed by atoms with Crippen LogP contribution in [0.3, 0.4) is 0 Å². The van der Waals surface area contributed by atoms with Crippen LogP contribution in [-0.2, 0) is 9.53 Å². The van der Waals surface area contributed by atoms with E-state index in [2.05, 4.69) is 0 Å². The molecule has 1 heterocycles. The number of hydrogen-bond acceptors (Lipinski definition) is 4. The third kappa shape index (κ3) is 5.44. The van der Waals surface area contributed by atoms with E-state index in [1.807, 2.05) is 13.8 Å². The Labute approximate surface area is 107 Å². The van der Waals surface area contributed by atoms with Crippen LogP contribution < -0.4 is 0 Å². The van der Waals surface area contributed by atoms with Crippen LogP contribution in [-0.4, -0.2) is 41.1 Å². The Morgan fingerprint density at radius 1 is 1.35 bits per heavy atom. The Kier molecular flexibility index (Phi) is 5.82. The minimum Gasteiger partial charge on any atom is -0.449 e. The average molecular weight is 259 g/mol. The third-order valence-electron chi connectivity index (χ3n) is 2.57. The molecule has 17 heavy (non-hydrogen) atoms. The molecule has 0 aliphatic carbocycles. The molecule has 0 aromatic carbocycles. The van der Waals surface area contributed by atoms with Crippen LogP contribution in [0, 0.1) is 5.92 Å². The molecule has 98 valence electrons. The number of rotatable bonds is 3. The molecule has 1 fully saturated rings. The van der Waals surface area contributed by atoms with Gasteiger partial charge in [-0.1, -0.05) is 25.6 Å². The van der Waals surface area contributed by atoms with E-state index in [4.69, 9.17) is 4.74 Å². The lowest BCUT2D eigenvalue weighted by Gasteiger charge is -2.30. The summed E-state index contributed by atoms with van der Waals surface area (Å²) >= 11 is 1.39. The summed E-state index contributed by atoms with van der Waals surface area (Å²) in [5.74, 6) is 0.366. The monoisotopic (exact) mass is 259 g/mol. The van der Waals surface area contributed by atoms with Gasteiger partial charge in [0.1, 0.15) is 0 Å². The minimum absolute atomic E-state index is 0.158.